The SMILES string of the molecule is CCc1nc(Cc2cccc(OCC(C)=O)c2)cs1. The molecule has 0 saturated carbocycles. The second-order valence-electron chi connectivity index (χ2n) is 4.40. The minimum atomic E-state index is 0.0255. The number of benzene rings is 1. The van der Waals surface area contributed by atoms with Crippen LogP contribution in [0.4, 0.5) is 0 Å². The van der Waals surface area contributed by atoms with Crippen molar-refractivity contribution in [2.45, 2.75) is 26.7 Å². The molecule has 1 aromatic carbocycles. The van der Waals surface area contributed by atoms with Crippen molar-refractivity contribution in [3.63, 3.8) is 0 Å². The molecule has 100 valence electrons. The molecule has 2 aromatic rings. The van der Waals surface area contributed by atoms with Crippen LogP contribution in [0.25, 0.3) is 0 Å². The van der Waals surface area contributed by atoms with E-state index in [1.54, 1.807) is 11.3 Å². The van der Waals surface area contributed by atoms with E-state index in [1.165, 1.54) is 11.9 Å². The summed E-state index contributed by atoms with van der Waals surface area (Å²) in [5.74, 6) is 0.760. The van der Waals surface area contributed by atoms with Crippen molar-refractivity contribution in [3.05, 3.63) is 45.9 Å². The molecule has 0 unspecified atom stereocenters. The van der Waals surface area contributed by atoms with Crippen LogP contribution in [-0.4, -0.2) is 17.4 Å². The van der Waals surface area contributed by atoms with Crippen LogP contribution in [0, 0.1) is 0 Å². The Hall–Kier alpha value is -1.68. The number of Topliss-reactive ketones (excluding diaryl/α,β-unsaturated/α-hetero) is 1. The van der Waals surface area contributed by atoms with Crippen molar-refractivity contribution in [3.8, 4) is 5.75 Å². The molecule has 0 N–H and O–H groups in total. The fourth-order valence-electron chi connectivity index (χ4n) is 1.73. The van der Waals surface area contributed by atoms with Gasteiger partial charge in [-0.15, -0.1) is 11.3 Å². The third kappa shape index (κ3) is 4.17. The van der Waals surface area contributed by atoms with Crippen molar-refractivity contribution < 1.29 is 9.53 Å². The van der Waals surface area contributed by atoms with E-state index in [4.69, 9.17) is 4.74 Å². The van der Waals surface area contributed by atoms with Gasteiger partial charge < -0.3 is 4.74 Å². The lowest BCUT2D eigenvalue weighted by Gasteiger charge is -2.05. The van der Waals surface area contributed by atoms with Gasteiger partial charge >= 0.3 is 0 Å². The zero-order valence-corrected chi connectivity index (χ0v) is 12.0. The average molecular weight is 275 g/mol. The Balaban J connectivity index is 2.03. The number of hydrogen-bond donors (Lipinski definition) is 0. The summed E-state index contributed by atoms with van der Waals surface area (Å²) in [6.07, 6.45) is 1.78. The molecule has 0 radical (unpaired) electrons. The van der Waals surface area contributed by atoms with Crippen LogP contribution >= 0.6 is 11.3 Å². The first-order valence-corrected chi connectivity index (χ1v) is 7.19. The van der Waals surface area contributed by atoms with Gasteiger partial charge in [0.15, 0.2) is 5.78 Å². The molecule has 0 bridgehead atoms. The van der Waals surface area contributed by atoms with E-state index in [0.717, 1.165) is 29.8 Å². The van der Waals surface area contributed by atoms with Crippen LogP contribution in [0.1, 0.15) is 30.1 Å². The van der Waals surface area contributed by atoms with Crippen molar-refractivity contribution in [1.29, 1.82) is 0 Å². The van der Waals surface area contributed by atoms with E-state index < -0.39 is 0 Å². The predicted molar refractivity (Wildman–Crippen MR) is 76.9 cm³/mol. The lowest BCUT2D eigenvalue weighted by Crippen LogP contribution is -2.06. The van der Waals surface area contributed by atoms with Crippen LogP contribution in [0.5, 0.6) is 5.75 Å². The van der Waals surface area contributed by atoms with Crippen LogP contribution < -0.4 is 4.74 Å². The number of carbonyl (C=O) groups is 1. The molecule has 0 atom stereocenters. The van der Waals surface area contributed by atoms with Gasteiger partial charge in [-0.3, -0.25) is 4.79 Å². The average Bonchev–Trinajstić information content (AvgIpc) is 2.84. The largest absolute Gasteiger partial charge is 0.486 e. The van der Waals surface area contributed by atoms with Crippen molar-refractivity contribution in [2.24, 2.45) is 0 Å². The molecule has 1 heterocycles. The van der Waals surface area contributed by atoms with Crippen molar-refractivity contribution in [1.82, 2.24) is 4.98 Å². The molecule has 4 heteroatoms. The molecule has 3 nitrogen and oxygen atoms in total. The van der Waals surface area contributed by atoms with Gasteiger partial charge in [-0.1, -0.05) is 19.1 Å². The Morgan fingerprint density at radius 1 is 1.42 bits per heavy atom. The molecule has 2 rings (SSSR count). The van der Waals surface area contributed by atoms with E-state index in [1.807, 2.05) is 24.3 Å². The molecule has 0 aliphatic heterocycles. The topological polar surface area (TPSA) is 39.2 Å². The molecule has 0 amide bonds. The summed E-state index contributed by atoms with van der Waals surface area (Å²) in [6.45, 7) is 3.75. The fraction of sp³-hybridized carbons (Fsp3) is 0.333. The lowest BCUT2D eigenvalue weighted by molar-refractivity contribution is -0.118. The van der Waals surface area contributed by atoms with Crippen LogP contribution in [-0.2, 0) is 17.6 Å². The monoisotopic (exact) mass is 275 g/mol. The maximum atomic E-state index is 10.9. The van der Waals surface area contributed by atoms with Crippen molar-refractivity contribution in [2.75, 3.05) is 6.61 Å². The normalized spacial score (nSPS) is 10.4. The number of aromatic nitrogens is 1. The summed E-state index contributed by atoms with van der Waals surface area (Å²) < 4.78 is 5.40. The number of aryl methyl sites for hydroxylation is 1. The van der Waals surface area contributed by atoms with E-state index in [2.05, 4.69) is 17.3 Å². The summed E-state index contributed by atoms with van der Waals surface area (Å²) in [7, 11) is 0. The summed E-state index contributed by atoms with van der Waals surface area (Å²) in [4.78, 5) is 15.4. The van der Waals surface area contributed by atoms with Gasteiger partial charge in [0.1, 0.15) is 12.4 Å². The number of hydrogen-bond acceptors (Lipinski definition) is 4. The summed E-state index contributed by atoms with van der Waals surface area (Å²) in [6, 6.07) is 7.82. The highest BCUT2D eigenvalue weighted by Crippen LogP contribution is 2.18. The second-order valence-corrected chi connectivity index (χ2v) is 5.34. The number of ketones is 1. The predicted octanol–water partition coefficient (Wildman–Crippen LogP) is 3.26. The number of thiazole rings is 1. The third-order valence-corrected chi connectivity index (χ3v) is 3.67. The molecule has 0 fully saturated rings. The van der Waals surface area contributed by atoms with Gasteiger partial charge in [-0.2, -0.15) is 0 Å². The quantitative estimate of drug-likeness (QED) is 0.812. The van der Waals surface area contributed by atoms with Crippen molar-refractivity contribution >= 4 is 17.1 Å². The van der Waals surface area contributed by atoms with Crippen LogP contribution in [0.15, 0.2) is 29.6 Å². The standard InChI is InChI=1S/C15H17NO2S/c1-3-15-16-13(10-19-15)7-12-5-4-6-14(8-12)18-9-11(2)17/h4-6,8,10H,3,7,9H2,1-2H3. The maximum absolute atomic E-state index is 10.9. The molecule has 0 aliphatic rings. The molecule has 1 aromatic heterocycles. The Bertz CT molecular complexity index is 563. The number of nitrogens with zero attached hydrogens (tertiary/aromatic N) is 1. The molecule has 0 saturated heterocycles. The highest BCUT2D eigenvalue weighted by molar-refractivity contribution is 7.09. The Morgan fingerprint density at radius 2 is 2.26 bits per heavy atom. The number of ether oxygens (including phenoxy) is 1. The summed E-state index contributed by atoms with van der Waals surface area (Å²) in [5, 5.41) is 3.26. The minimum absolute atomic E-state index is 0.0255. The zero-order valence-electron chi connectivity index (χ0n) is 11.2. The molecule has 19 heavy (non-hydrogen) atoms. The first-order valence-electron chi connectivity index (χ1n) is 6.32. The smallest absolute Gasteiger partial charge is 0.167 e. The molecule has 0 aliphatic carbocycles. The van der Waals surface area contributed by atoms with Gasteiger partial charge in [0, 0.05) is 11.8 Å². The van der Waals surface area contributed by atoms with Gasteiger partial charge in [-0.05, 0) is 31.0 Å². The van der Waals surface area contributed by atoms with E-state index in [-0.39, 0.29) is 12.4 Å². The maximum Gasteiger partial charge on any atom is 0.167 e. The minimum Gasteiger partial charge on any atom is -0.486 e. The fourth-order valence-corrected chi connectivity index (χ4v) is 2.48. The molecule has 0 spiro atoms. The summed E-state index contributed by atoms with van der Waals surface area (Å²) in [5.41, 5.74) is 2.24. The summed E-state index contributed by atoms with van der Waals surface area (Å²) >= 11 is 1.70. The van der Waals surface area contributed by atoms with Gasteiger partial charge in [0.05, 0.1) is 10.7 Å². The first kappa shape index (κ1) is 13.7. The Labute approximate surface area is 117 Å². The number of carbonyl (C=O) groups excluding carboxylic acids is 1. The number of rotatable bonds is 6. The first-order chi connectivity index (χ1) is 9.17. The van der Waals surface area contributed by atoms with E-state index in [0.29, 0.717) is 0 Å². The second kappa shape index (κ2) is 6.48. The lowest BCUT2D eigenvalue weighted by atomic mass is 10.1. The highest BCUT2D eigenvalue weighted by Gasteiger charge is 2.04. The third-order valence-electron chi connectivity index (χ3n) is 2.63. The van der Waals surface area contributed by atoms with Gasteiger partial charge in [-0.25, -0.2) is 4.98 Å². The Morgan fingerprint density at radius 3 is 2.95 bits per heavy atom. The van der Waals surface area contributed by atoms with Crippen LogP contribution in [0.2, 0.25) is 0 Å². The Kier molecular flexibility index (Phi) is 4.68. The van der Waals surface area contributed by atoms with Crippen LogP contribution in [0.3, 0.4) is 0 Å². The molecular formula is C15H17NO2S. The zero-order chi connectivity index (χ0) is 13.7. The van der Waals surface area contributed by atoms with E-state index >= 15 is 0 Å². The molecular weight excluding hydrogens is 258 g/mol. The van der Waals surface area contributed by atoms with Gasteiger partial charge in [0.2, 0.25) is 0 Å². The highest BCUT2D eigenvalue weighted by atomic mass is 32.1. The van der Waals surface area contributed by atoms with E-state index in [9.17, 15) is 4.79 Å². The van der Waals surface area contributed by atoms with Gasteiger partial charge in [0.25, 0.3) is 0 Å².